The Balaban J connectivity index is 1.72. The number of rotatable bonds is 7. The molecule has 0 spiro atoms. The van der Waals surface area contributed by atoms with Crippen LogP contribution < -0.4 is 16.4 Å². The van der Waals surface area contributed by atoms with E-state index in [0.29, 0.717) is 17.1 Å². The van der Waals surface area contributed by atoms with Crippen molar-refractivity contribution in [2.24, 2.45) is 0 Å². The van der Waals surface area contributed by atoms with Gasteiger partial charge in [-0.05, 0) is 39.2 Å². The Morgan fingerprint density at radius 3 is 2.57 bits per heavy atom. The molecule has 0 saturated carbocycles. The lowest BCUT2D eigenvalue weighted by Gasteiger charge is -2.16. The van der Waals surface area contributed by atoms with Crippen molar-refractivity contribution in [3.8, 4) is 0 Å². The van der Waals surface area contributed by atoms with E-state index >= 15 is 0 Å². The van der Waals surface area contributed by atoms with Gasteiger partial charge in [0.25, 0.3) is 11.8 Å². The van der Waals surface area contributed by atoms with Crippen LogP contribution in [-0.4, -0.2) is 45.8 Å². The largest absolute Gasteiger partial charge is 0.417 e. The maximum absolute atomic E-state index is 13.1. The number of nitrogens with one attached hydrogen (secondary N) is 2. The van der Waals surface area contributed by atoms with E-state index in [9.17, 15) is 22.8 Å². The van der Waals surface area contributed by atoms with Crippen LogP contribution in [0.5, 0.6) is 0 Å². The molecule has 9 nitrogen and oxygen atoms in total. The molecule has 14 heteroatoms. The summed E-state index contributed by atoms with van der Waals surface area (Å²) in [5, 5.41) is 5.09. The predicted molar refractivity (Wildman–Crippen MR) is 126 cm³/mol. The van der Waals surface area contributed by atoms with Gasteiger partial charge in [-0.3, -0.25) is 9.59 Å². The van der Waals surface area contributed by atoms with Gasteiger partial charge in [-0.25, -0.2) is 15.0 Å². The highest BCUT2D eigenvalue weighted by Gasteiger charge is 2.33. The molecule has 3 aromatic rings. The van der Waals surface area contributed by atoms with Gasteiger partial charge in [0.1, 0.15) is 27.7 Å². The molecule has 1 atom stereocenters. The van der Waals surface area contributed by atoms with Crippen LogP contribution in [0, 0.1) is 0 Å². The maximum Gasteiger partial charge on any atom is 0.417 e. The normalized spacial score (nSPS) is 12.5. The number of amides is 2. The van der Waals surface area contributed by atoms with Crippen molar-refractivity contribution in [3.63, 3.8) is 0 Å². The predicted octanol–water partition coefficient (Wildman–Crippen LogP) is 3.99. The number of alkyl halides is 3. The summed E-state index contributed by atoms with van der Waals surface area (Å²) in [6.07, 6.45) is -2.19. The molecule has 1 aromatic carbocycles. The fourth-order valence-electron chi connectivity index (χ4n) is 3.03. The minimum absolute atomic E-state index is 0.0715. The molecule has 0 fully saturated rings. The summed E-state index contributed by atoms with van der Waals surface area (Å²) in [7, 11) is 3.62. The number of hydrogen-bond donors (Lipinski definition) is 3. The highest BCUT2D eigenvalue weighted by molar-refractivity contribution is 7.13. The van der Waals surface area contributed by atoms with Gasteiger partial charge in [-0.1, -0.05) is 11.6 Å². The van der Waals surface area contributed by atoms with E-state index in [1.807, 2.05) is 19.0 Å². The Kier molecular flexibility index (Phi) is 7.93. The third-order valence-corrected chi connectivity index (χ3v) is 6.17. The van der Waals surface area contributed by atoms with Crippen LogP contribution in [0.4, 0.5) is 24.7 Å². The van der Waals surface area contributed by atoms with Crippen LogP contribution >= 0.6 is 22.9 Å². The zero-order valence-electron chi connectivity index (χ0n) is 18.8. The van der Waals surface area contributed by atoms with Crippen LogP contribution in [-0.2, 0) is 12.7 Å². The van der Waals surface area contributed by atoms with Gasteiger partial charge >= 0.3 is 6.18 Å². The van der Waals surface area contributed by atoms with Gasteiger partial charge in [-0.15, -0.1) is 11.3 Å². The number of carbonyl (C=O) groups is 2. The minimum Gasteiger partial charge on any atom is -0.383 e. The molecule has 2 amide bonds. The number of nitrogens with two attached hydrogens (primary N) is 1. The molecule has 0 aliphatic rings. The first-order chi connectivity index (χ1) is 16.4. The number of carbonyl (C=O) groups excluding carboxylic acids is 2. The zero-order chi connectivity index (χ0) is 25.9. The molecule has 2 heterocycles. The van der Waals surface area contributed by atoms with Crippen LogP contribution in [0.3, 0.4) is 0 Å². The summed E-state index contributed by atoms with van der Waals surface area (Å²) in [6.45, 7) is 2.02. The first kappa shape index (κ1) is 26.3. The molecule has 186 valence electrons. The van der Waals surface area contributed by atoms with Crippen molar-refractivity contribution < 1.29 is 22.8 Å². The lowest BCUT2D eigenvalue weighted by atomic mass is 10.1. The smallest absolute Gasteiger partial charge is 0.383 e. The molecule has 0 radical (unpaired) electrons. The summed E-state index contributed by atoms with van der Waals surface area (Å²) >= 11 is 6.59. The van der Waals surface area contributed by atoms with Crippen molar-refractivity contribution in [1.82, 2.24) is 25.2 Å². The lowest BCUT2D eigenvalue weighted by molar-refractivity contribution is -0.137. The third-order valence-electron chi connectivity index (χ3n) is 4.66. The SMILES string of the molecule is C[C@H](NC(=O)c1ncnc(N)c1CN(C)C)c1ncc(C(=O)Nc2ccc(Cl)c(C(F)(F)F)c2)s1. The van der Waals surface area contributed by atoms with E-state index in [1.54, 1.807) is 6.92 Å². The standard InChI is InChI=1S/C21H21ClF3N7O2S/c1-10(30-19(34)16-12(8-32(2)3)17(26)29-9-28-16)20-27-7-15(35-20)18(33)31-11-4-5-14(22)13(6-11)21(23,24)25/h4-7,9-10H,8H2,1-3H3,(H,30,34)(H,31,33)(H2,26,28,29)/t10-/m0/s1. The number of benzene rings is 1. The second-order valence-electron chi connectivity index (χ2n) is 7.73. The van der Waals surface area contributed by atoms with Gasteiger partial charge in [0.05, 0.1) is 22.8 Å². The Bertz CT molecular complexity index is 1250. The maximum atomic E-state index is 13.1. The molecular weight excluding hydrogens is 507 g/mol. The molecule has 0 aliphatic carbocycles. The van der Waals surface area contributed by atoms with E-state index in [4.69, 9.17) is 17.3 Å². The number of halogens is 4. The highest BCUT2D eigenvalue weighted by Crippen LogP contribution is 2.36. The Morgan fingerprint density at radius 2 is 1.91 bits per heavy atom. The molecular formula is C21H21ClF3N7O2S. The molecule has 3 rings (SSSR count). The van der Waals surface area contributed by atoms with Gasteiger partial charge in [0.15, 0.2) is 0 Å². The van der Waals surface area contributed by atoms with Crippen molar-refractivity contribution in [2.75, 3.05) is 25.1 Å². The molecule has 4 N–H and O–H groups in total. The van der Waals surface area contributed by atoms with E-state index < -0.39 is 34.6 Å². The van der Waals surface area contributed by atoms with Crippen molar-refractivity contribution in [1.29, 1.82) is 0 Å². The fraction of sp³-hybridized carbons (Fsp3) is 0.286. The van der Waals surface area contributed by atoms with Crippen molar-refractivity contribution >= 4 is 46.3 Å². The lowest BCUT2D eigenvalue weighted by Crippen LogP contribution is -2.30. The van der Waals surface area contributed by atoms with E-state index in [-0.39, 0.29) is 22.1 Å². The average Bonchev–Trinajstić information content (AvgIpc) is 3.26. The van der Waals surface area contributed by atoms with Gasteiger partial charge in [0, 0.05) is 17.8 Å². The number of nitrogens with zero attached hydrogens (tertiary/aromatic N) is 4. The van der Waals surface area contributed by atoms with Crippen molar-refractivity contribution in [3.05, 3.63) is 62.5 Å². The summed E-state index contributed by atoms with van der Waals surface area (Å²) in [4.78, 5) is 39.5. The number of hydrogen-bond acceptors (Lipinski definition) is 8. The van der Waals surface area contributed by atoms with E-state index in [2.05, 4.69) is 25.6 Å². The molecule has 0 saturated heterocycles. The molecule has 0 unspecified atom stereocenters. The monoisotopic (exact) mass is 527 g/mol. The second kappa shape index (κ2) is 10.5. The Hall–Kier alpha value is -3.29. The quantitative estimate of drug-likeness (QED) is 0.424. The van der Waals surface area contributed by atoms with Crippen LogP contribution in [0.25, 0.3) is 0 Å². The zero-order valence-corrected chi connectivity index (χ0v) is 20.3. The number of anilines is 2. The molecule has 2 aromatic heterocycles. The van der Waals surface area contributed by atoms with Gasteiger partial charge in [-0.2, -0.15) is 13.2 Å². The number of nitrogen functional groups attached to an aromatic ring is 1. The van der Waals surface area contributed by atoms with Crippen molar-refractivity contribution in [2.45, 2.75) is 25.7 Å². The van der Waals surface area contributed by atoms with E-state index in [1.165, 1.54) is 18.6 Å². The fourth-order valence-corrected chi connectivity index (χ4v) is 4.07. The minimum atomic E-state index is -4.66. The Labute approximate surface area is 207 Å². The van der Waals surface area contributed by atoms with Gasteiger partial charge < -0.3 is 21.3 Å². The summed E-state index contributed by atoms with van der Waals surface area (Å²) in [5.74, 6) is -0.958. The number of thiazole rings is 1. The Morgan fingerprint density at radius 1 is 1.20 bits per heavy atom. The summed E-state index contributed by atoms with van der Waals surface area (Å²) in [6, 6.07) is 2.48. The third kappa shape index (κ3) is 6.44. The highest BCUT2D eigenvalue weighted by atomic mass is 35.5. The molecule has 0 aliphatic heterocycles. The second-order valence-corrected chi connectivity index (χ2v) is 9.20. The van der Waals surface area contributed by atoms with Crippen LogP contribution in [0.1, 0.15) is 49.3 Å². The summed E-state index contributed by atoms with van der Waals surface area (Å²) < 4.78 is 39.2. The first-order valence-electron chi connectivity index (χ1n) is 10.1. The average molecular weight is 528 g/mol. The topological polar surface area (TPSA) is 126 Å². The van der Waals surface area contributed by atoms with Gasteiger partial charge in [0.2, 0.25) is 0 Å². The molecule has 35 heavy (non-hydrogen) atoms. The van der Waals surface area contributed by atoms with Crippen LogP contribution in [0.2, 0.25) is 5.02 Å². The number of aromatic nitrogens is 3. The van der Waals surface area contributed by atoms with Crippen LogP contribution in [0.15, 0.2) is 30.7 Å². The first-order valence-corrected chi connectivity index (χ1v) is 11.2. The molecule has 0 bridgehead atoms. The summed E-state index contributed by atoms with van der Waals surface area (Å²) in [5.41, 5.74) is 5.37. The van der Waals surface area contributed by atoms with E-state index in [0.717, 1.165) is 23.5 Å².